The van der Waals surface area contributed by atoms with E-state index in [9.17, 15) is 4.79 Å². The van der Waals surface area contributed by atoms with Crippen LogP contribution in [0, 0.1) is 5.92 Å². The molecule has 3 fully saturated rings. The van der Waals surface area contributed by atoms with Gasteiger partial charge in [0.1, 0.15) is 5.01 Å². The lowest BCUT2D eigenvalue weighted by molar-refractivity contribution is -0.107. The van der Waals surface area contributed by atoms with E-state index in [1.807, 2.05) is 11.6 Å². The molecule has 1 aromatic heterocycles. The number of nitrogens with one attached hydrogen (secondary N) is 2. The van der Waals surface area contributed by atoms with Gasteiger partial charge in [-0.25, -0.2) is 9.78 Å². The summed E-state index contributed by atoms with van der Waals surface area (Å²) in [6.07, 6.45) is 12.2. The van der Waals surface area contributed by atoms with Crippen LogP contribution in [0.15, 0.2) is 11.6 Å². The van der Waals surface area contributed by atoms with Crippen LogP contribution < -0.4 is 10.6 Å². The Hall–Kier alpha value is -1.14. The highest BCUT2D eigenvalue weighted by Crippen LogP contribution is 2.42. The smallest absolute Gasteiger partial charge is 0.315 e. The molecule has 24 heavy (non-hydrogen) atoms. The van der Waals surface area contributed by atoms with Crippen molar-refractivity contribution >= 4 is 17.4 Å². The lowest BCUT2D eigenvalue weighted by atomic mass is 9.78. The molecule has 1 spiro atoms. The number of hydrogen-bond donors (Lipinski definition) is 2. The highest BCUT2D eigenvalue weighted by atomic mass is 32.1. The van der Waals surface area contributed by atoms with E-state index < -0.39 is 0 Å². The maximum absolute atomic E-state index is 12.5. The van der Waals surface area contributed by atoms with Crippen LogP contribution >= 0.6 is 11.3 Å². The molecule has 0 aromatic carbocycles. The van der Waals surface area contributed by atoms with Crippen molar-refractivity contribution < 1.29 is 9.53 Å². The van der Waals surface area contributed by atoms with E-state index in [4.69, 9.17) is 4.74 Å². The SMILES string of the molecule is O=C(NC1CCOC2(CCCCC2)C1)NC(c1nccs1)C1CC1. The van der Waals surface area contributed by atoms with Gasteiger partial charge in [-0.05, 0) is 44.4 Å². The topological polar surface area (TPSA) is 63.2 Å². The summed E-state index contributed by atoms with van der Waals surface area (Å²) in [7, 11) is 0. The number of thiazole rings is 1. The predicted molar refractivity (Wildman–Crippen MR) is 94.0 cm³/mol. The van der Waals surface area contributed by atoms with Crippen molar-refractivity contribution in [2.45, 2.75) is 75.5 Å². The number of rotatable bonds is 4. The van der Waals surface area contributed by atoms with E-state index >= 15 is 0 Å². The van der Waals surface area contributed by atoms with Gasteiger partial charge in [0.05, 0.1) is 11.6 Å². The van der Waals surface area contributed by atoms with Crippen molar-refractivity contribution in [2.24, 2.45) is 5.92 Å². The van der Waals surface area contributed by atoms with Crippen LogP contribution in [0.2, 0.25) is 0 Å². The monoisotopic (exact) mass is 349 g/mol. The number of carbonyl (C=O) groups excluding carboxylic acids is 1. The number of amides is 2. The van der Waals surface area contributed by atoms with E-state index in [2.05, 4.69) is 15.6 Å². The van der Waals surface area contributed by atoms with Gasteiger partial charge in [0, 0.05) is 24.2 Å². The molecule has 6 heteroatoms. The van der Waals surface area contributed by atoms with Gasteiger partial charge in [0.2, 0.25) is 0 Å². The van der Waals surface area contributed by atoms with Gasteiger partial charge in [-0.15, -0.1) is 11.3 Å². The quantitative estimate of drug-likeness (QED) is 0.869. The summed E-state index contributed by atoms with van der Waals surface area (Å²) in [6.45, 7) is 0.767. The van der Waals surface area contributed by atoms with E-state index in [0.717, 1.165) is 37.3 Å². The lowest BCUT2D eigenvalue weighted by Gasteiger charge is -2.43. The fourth-order valence-electron chi connectivity index (χ4n) is 4.26. The summed E-state index contributed by atoms with van der Waals surface area (Å²) < 4.78 is 6.13. The van der Waals surface area contributed by atoms with E-state index in [0.29, 0.717) is 5.92 Å². The molecule has 0 bridgehead atoms. The molecule has 1 saturated heterocycles. The van der Waals surface area contributed by atoms with Crippen LogP contribution in [0.1, 0.15) is 68.8 Å². The fourth-order valence-corrected chi connectivity index (χ4v) is 5.04. The normalized spacial score (nSPS) is 27.6. The number of nitrogens with zero attached hydrogens (tertiary/aromatic N) is 1. The molecule has 1 aromatic rings. The Bertz CT molecular complexity index is 547. The van der Waals surface area contributed by atoms with Gasteiger partial charge in [0.25, 0.3) is 0 Å². The van der Waals surface area contributed by atoms with Crippen molar-refractivity contribution in [3.05, 3.63) is 16.6 Å². The van der Waals surface area contributed by atoms with Crippen LogP contribution in [-0.4, -0.2) is 29.3 Å². The molecule has 2 amide bonds. The minimum Gasteiger partial charge on any atom is -0.375 e. The number of carbonyl (C=O) groups is 1. The second-order valence-corrected chi connectivity index (χ2v) is 8.51. The maximum Gasteiger partial charge on any atom is 0.315 e. The zero-order valence-electron chi connectivity index (χ0n) is 14.1. The first-order valence-electron chi connectivity index (χ1n) is 9.34. The highest BCUT2D eigenvalue weighted by molar-refractivity contribution is 7.09. The molecule has 3 aliphatic rings. The summed E-state index contributed by atoms with van der Waals surface area (Å²) in [5.74, 6) is 0.557. The molecule has 2 saturated carbocycles. The molecular weight excluding hydrogens is 322 g/mol. The fraction of sp³-hybridized carbons (Fsp3) is 0.778. The molecule has 2 atom stereocenters. The molecule has 1 aliphatic heterocycles. The summed E-state index contributed by atoms with van der Waals surface area (Å²) in [5, 5.41) is 9.40. The molecule has 2 unspecified atom stereocenters. The minimum atomic E-state index is -0.0417. The van der Waals surface area contributed by atoms with Gasteiger partial charge in [-0.2, -0.15) is 0 Å². The van der Waals surface area contributed by atoms with Crippen molar-refractivity contribution in [1.82, 2.24) is 15.6 Å². The van der Waals surface area contributed by atoms with Crippen molar-refractivity contribution in [3.63, 3.8) is 0 Å². The van der Waals surface area contributed by atoms with E-state index in [1.165, 1.54) is 32.1 Å². The molecule has 2 N–H and O–H groups in total. The molecule has 4 rings (SSSR count). The van der Waals surface area contributed by atoms with Crippen LogP contribution in [0.5, 0.6) is 0 Å². The Kier molecular flexibility index (Phi) is 4.77. The molecule has 5 nitrogen and oxygen atoms in total. The van der Waals surface area contributed by atoms with Gasteiger partial charge in [0.15, 0.2) is 0 Å². The summed E-state index contributed by atoms with van der Waals surface area (Å²) in [6, 6.07) is 0.265. The third kappa shape index (κ3) is 3.75. The first kappa shape index (κ1) is 16.3. The number of urea groups is 1. The standard InChI is InChI=1S/C18H27N3O2S/c22-17(21-15(13-4-5-13)16-19-9-11-24-16)20-14-6-10-23-18(12-14)7-2-1-3-8-18/h9,11,13-15H,1-8,10,12H2,(H2,20,21,22). The average molecular weight is 350 g/mol. The molecule has 2 aliphatic carbocycles. The van der Waals surface area contributed by atoms with Crippen LogP contribution in [0.25, 0.3) is 0 Å². The second kappa shape index (κ2) is 7.00. The highest BCUT2D eigenvalue weighted by Gasteiger charge is 2.40. The minimum absolute atomic E-state index is 0.0274. The number of hydrogen-bond acceptors (Lipinski definition) is 4. The lowest BCUT2D eigenvalue weighted by Crippen LogP contribution is -2.52. The second-order valence-electron chi connectivity index (χ2n) is 7.59. The summed E-state index contributed by atoms with van der Waals surface area (Å²) in [4.78, 5) is 16.9. The molecule has 132 valence electrons. The molecular formula is C18H27N3O2S. The van der Waals surface area contributed by atoms with Crippen molar-refractivity contribution in [1.29, 1.82) is 0 Å². The predicted octanol–water partition coefficient (Wildman–Crippen LogP) is 3.78. The Labute approximate surface area is 147 Å². The van der Waals surface area contributed by atoms with Crippen molar-refractivity contribution in [2.75, 3.05) is 6.61 Å². The van der Waals surface area contributed by atoms with Gasteiger partial charge in [-0.1, -0.05) is 19.3 Å². The third-order valence-electron chi connectivity index (χ3n) is 5.69. The average Bonchev–Trinajstić information content (AvgIpc) is 3.27. The Morgan fingerprint density at radius 1 is 1.29 bits per heavy atom. The maximum atomic E-state index is 12.5. The summed E-state index contributed by atoms with van der Waals surface area (Å²) >= 11 is 1.63. The summed E-state index contributed by atoms with van der Waals surface area (Å²) in [5.41, 5.74) is 0.0274. The van der Waals surface area contributed by atoms with Gasteiger partial charge >= 0.3 is 6.03 Å². The first-order chi connectivity index (χ1) is 11.7. The van der Waals surface area contributed by atoms with E-state index in [1.54, 1.807) is 11.3 Å². The number of ether oxygens (including phenoxy) is 1. The first-order valence-corrected chi connectivity index (χ1v) is 10.2. The Morgan fingerprint density at radius 3 is 2.83 bits per heavy atom. The van der Waals surface area contributed by atoms with Crippen LogP contribution in [0.3, 0.4) is 0 Å². The van der Waals surface area contributed by atoms with E-state index in [-0.39, 0.29) is 23.7 Å². The molecule has 0 radical (unpaired) electrons. The Balaban J connectivity index is 1.33. The zero-order chi connectivity index (χ0) is 16.4. The Morgan fingerprint density at radius 2 is 2.12 bits per heavy atom. The molecule has 2 heterocycles. The van der Waals surface area contributed by atoms with Crippen molar-refractivity contribution in [3.8, 4) is 0 Å². The largest absolute Gasteiger partial charge is 0.375 e. The zero-order valence-corrected chi connectivity index (χ0v) is 14.9. The van der Waals surface area contributed by atoms with Gasteiger partial charge < -0.3 is 15.4 Å². The van der Waals surface area contributed by atoms with Crippen LogP contribution in [-0.2, 0) is 4.74 Å². The number of aromatic nitrogens is 1. The van der Waals surface area contributed by atoms with Crippen LogP contribution in [0.4, 0.5) is 4.79 Å². The van der Waals surface area contributed by atoms with Gasteiger partial charge in [-0.3, -0.25) is 0 Å². The third-order valence-corrected chi connectivity index (χ3v) is 6.55.